The zero-order valence-corrected chi connectivity index (χ0v) is 9.59. The molecule has 0 radical (unpaired) electrons. The Hall–Kier alpha value is -0.800. The maximum absolute atomic E-state index is 10.8. The van der Waals surface area contributed by atoms with Gasteiger partial charge in [0.1, 0.15) is 29.4 Å². The van der Waals surface area contributed by atoms with Crippen molar-refractivity contribution in [2.24, 2.45) is 4.99 Å². The van der Waals surface area contributed by atoms with Crippen LogP contribution in [0.1, 0.15) is 6.92 Å². The summed E-state index contributed by atoms with van der Waals surface area (Å²) in [4.78, 5) is 1.37. The Kier molecular flexibility index (Phi) is 3.50. The standard InChI is InChI=1S/C8H14N2O5S/c1-8(12,16(13,14)15)6-10(4-5-11)3-2-9-7-10/h2-3,7,11-12H,4-6H2,1H3. The van der Waals surface area contributed by atoms with Gasteiger partial charge in [0.25, 0.3) is 0 Å². The zero-order chi connectivity index (χ0) is 12.4. The number of hydrogen-bond acceptors (Lipinski definition) is 6. The molecule has 92 valence electrons. The molecule has 0 aromatic heterocycles. The molecule has 1 aliphatic heterocycles. The number of nitrogens with zero attached hydrogens (tertiary/aromatic N) is 2. The van der Waals surface area contributed by atoms with Crippen LogP contribution in [-0.2, 0) is 10.1 Å². The molecule has 0 saturated carbocycles. The molecule has 0 spiro atoms. The Balaban J connectivity index is 2.94. The molecule has 16 heavy (non-hydrogen) atoms. The maximum atomic E-state index is 10.8. The van der Waals surface area contributed by atoms with E-state index in [-0.39, 0.29) is 24.2 Å². The van der Waals surface area contributed by atoms with Crippen molar-refractivity contribution >= 4 is 16.5 Å². The van der Waals surface area contributed by atoms with Crippen molar-refractivity contribution in [3.63, 3.8) is 0 Å². The summed E-state index contributed by atoms with van der Waals surface area (Å²) in [6.07, 6.45) is 4.30. The smallest absolute Gasteiger partial charge is 0.201 e. The molecule has 2 atom stereocenters. The highest BCUT2D eigenvalue weighted by molar-refractivity contribution is 7.86. The van der Waals surface area contributed by atoms with Crippen molar-refractivity contribution in [1.82, 2.24) is 0 Å². The SMILES string of the molecule is CC(O)(C[N+]1(CCO)C=CN=C1)S(=O)(=O)[O-]. The summed E-state index contributed by atoms with van der Waals surface area (Å²) in [5.74, 6) is 0. The molecule has 0 aromatic rings. The van der Waals surface area contributed by atoms with E-state index in [0.29, 0.717) is 0 Å². The molecule has 0 aromatic carbocycles. The average molecular weight is 250 g/mol. The third-order valence-electron chi connectivity index (χ3n) is 2.39. The van der Waals surface area contributed by atoms with Gasteiger partial charge in [0.05, 0.1) is 12.8 Å². The minimum atomic E-state index is -4.83. The Morgan fingerprint density at radius 3 is 2.56 bits per heavy atom. The van der Waals surface area contributed by atoms with Gasteiger partial charge in [0.2, 0.25) is 4.93 Å². The number of hydrogen-bond donors (Lipinski definition) is 2. The Labute approximate surface area is 93.7 Å². The Bertz CT molecular complexity index is 400. The quantitative estimate of drug-likeness (QED) is 0.459. The van der Waals surface area contributed by atoms with Gasteiger partial charge in [-0.3, -0.25) is 0 Å². The van der Waals surface area contributed by atoms with Gasteiger partial charge in [-0.2, -0.15) is 0 Å². The second kappa shape index (κ2) is 4.22. The molecule has 1 aliphatic rings. The highest BCUT2D eigenvalue weighted by atomic mass is 32.2. The number of aliphatic imine (C=N–C) groups is 1. The first-order valence-corrected chi connectivity index (χ1v) is 6.00. The van der Waals surface area contributed by atoms with Gasteiger partial charge in [0.15, 0.2) is 6.34 Å². The molecule has 0 bridgehead atoms. The number of rotatable bonds is 5. The second-order valence-electron chi connectivity index (χ2n) is 3.90. The highest BCUT2D eigenvalue weighted by Crippen LogP contribution is 2.21. The van der Waals surface area contributed by atoms with Gasteiger partial charge in [-0.25, -0.2) is 17.9 Å². The van der Waals surface area contributed by atoms with E-state index in [9.17, 15) is 18.1 Å². The molecule has 0 amide bonds. The molecule has 1 heterocycles. The van der Waals surface area contributed by atoms with Crippen molar-refractivity contribution in [3.05, 3.63) is 12.4 Å². The van der Waals surface area contributed by atoms with E-state index in [1.807, 2.05) is 0 Å². The summed E-state index contributed by atoms with van der Waals surface area (Å²) in [6, 6.07) is 0. The Morgan fingerprint density at radius 1 is 1.56 bits per heavy atom. The van der Waals surface area contributed by atoms with Crippen molar-refractivity contribution in [2.75, 3.05) is 19.7 Å². The molecule has 2 unspecified atom stereocenters. The summed E-state index contributed by atoms with van der Waals surface area (Å²) in [5.41, 5.74) is 0. The maximum Gasteiger partial charge on any atom is 0.201 e. The monoisotopic (exact) mass is 250 g/mol. The van der Waals surface area contributed by atoms with Gasteiger partial charge in [-0.05, 0) is 6.92 Å². The van der Waals surface area contributed by atoms with E-state index >= 15 is 0 Å². The van der Waals surface area contributed by atoms with Crippen LogP contribution in [0.5, 0.6) is 0 Å². The zero-order valence-electron chi connectivity index (χ0n) is 8.78. The predicted octanol–water partition coefficient (Wildman–Crippen LogP) is -1.44. The number of quaternary nitrogens is 1. The fraction of sp³-hybridized carbons (Fsp3) is 0.625. The van der Waals surface area contributed by atoms with Crippen LogP contribution in [0.3, 0.4) is 0 Å². The van der Waals surface area contributed by atoms with Crippen LogP contribution in [-0.4, -0.2) is 58.6 Å². The summed E-state index contributed by atoms with van der Waals surface area (Å²) in [5, 5.41) is 18.5. The third-order valence-corrected chi connectivity index (χ3v) is 3.60. The van der Waals surface area contributed by atoms with E-state index in [4.69, 9.17) is 5.11 Å². The van der Waals surface area contributed by atoms with E-state index in [1.165, 1.54) is 18.7 Å². The van der Waals surface area contributed by atoms with E-state index in [2.05, 4.69) is 4.99 Å². The van der Waals surface area contributed by atoms with Gasteiger partial charge >= 0.3 is 0 Å². The lowest BCUT2D eigenvalue weighted by atomic mass is 10.3. The van der Waals surface area contributed by atoms with Gasteiger partial charge in [-0.15, -0.1) is 0 Å². The first-order valence-electron chi connectivity index (χ1n) is 4.60. The molecule has 1 rings (SSSR count). The molecular formula is C8H14N2O5S. The van der Waals surface area contributed by atoms with Crippen LogP contribution in [0.4, 0.5) is 0 Å². The molecule has 8 heteroatoms. The van der Waals surface area contributed by atoms with Crippen LogP contribution >= 0.6 is 0 Å². The topological polar surface area (TPSA) is 110 Å². The molecule has 0 fully saturated rings. The first-order chi connectivity index (χ1) is 7.22. The van der Waals surface area contributed by atoms with Crippen LogP contribution in [0, 0.1) is 0 Å². The lowest BCUT2D eigenvalue weighted by Gasteiger charge is -2.35. The molecule has 0 saturated heterocycles. The van der Waals surface area contributed by atoms with Crippen LogP contribution < -0.4 is 0 Å². The summed E-state index contributed by atoms with van der Waals surface area (Å²) < 4.78 is 32.4. The van der Waals surface area contributed by atoms with E-state index < -0.39 is 15.1 Å². The normalized spacial score (nSPS) is 28.2. The van der Waals surface area contributed by atoms with E-state index in [1.54, 1.807) is 0 Å². The lowest BCUT2D eigenvalue weighted by molar-refractivity contribution is -0.785. The van der Waals surface area contributed by atoms with Crippen molar-refractivity contribution in [3.8, 4) is 0 Å². The fourth-order valence-electron chi connectivity index (χ4n) is 1.50. The fourth-order valence-corrected chi connectivity index (χ4v) is 1.90. The van der Waals surface area contributed by atoms with Crippen molar-refractivity contribution < 1.29 is 27.7 Å². The Morgan fingerprint density at radius 2 is 2.19 bits per heavy atom. The molecule has 0 aliphatic carbocycles. The van der Waals surface area contributed by atoms with Gasteiger partial charge in [-0.1, -0.05) is 0 Å². The van der Waals surface area contributed by atoms with Crippen molar-refractivity contribution in [2.45, 2.75) is 11.9 Å². The summed E-state index contributed by atoms with van der Waals surface area (Å²) >= 11 is 0. The average Bonchev–Trinajstić information content (AvgIpc) is 2.50. The predicted molar refractivity (Wildman–Crippen MR) is 55.0 cm³/mol. The van der Waals surface area contributed by atoms with E-state index in [0.717, 1.165) is 6.92 Å². The molecular weight excluding hydrogens is 236 g/mol. The van der Waals surface area contributed by atoms with Gasteiger partial charge in [0, 0.05) is 0 Å². The number of aliphatic hydroxyl groups excluding tert-OH is 1. The first kappa shape index (κ1) is 13.3. The summed E-state index contributed by atoms with van der Waals surface area (Å²) in [7, 11) is -4.83. The largest absolute Gasteiger partial charge is 0.746 e. The third kappa shape index (κ3) is 2.66. The summed E-state index contributed by atoms with van der Waals surface area (Å²) in [6.45, 7) is 0.489. The highest BCUT2D eigenvalue weighted by Gasteiger charge is 2.40. The second-order valence-corrected chi connectivity index (χ2v) is 5.69. The van der Waals surface area contributed by atoms with Crippen LogP contribution in [0.25, 0.3) is 0 Å². The number of aliphatic hydroxyl groups is 2. The lowest BCUT2D eigenvalue weighted by Crippen LogP contribution is -2.55. The van der Waals surface area contributed by atoms with Gasteiger partial charge < -0.3 is 14.8 Å². The van der Waals surface area contributed by atoms with Crippen molar-refractivity contribution in [1.29, 1.82) is 0 Å². The minimum Gasteiger partial charge on any atom is -0.746 e. The molecule has 7 nitrogen and oxygen atoms in total. The molecule has 2 N–H and O–H groups in total. The van der Waals surface area contributed by atoms with Crippen LogP contribution in [0.2, 0.25) is 0 Å². The van der Waals surface area contributed by atoms with Crippen LogP contribution in [0.15, 0.2) is 17.4 Å². The minimum absolute atomic E-state index is 0.145.